The monoisotopic (exact) mass is 496 g/mol. The normalized spacial score (nSPS) is 16.1. The fourth-order valence-corrected chi connectivity index (χ4v) is 5.25. The smallest absolute Gasteiger partial charge is 0.288 e. The molecular weight excluding hydrogens is 468 g/mol. The fourth-order valence-electron chi connectivity index (χ4n) is 3.27. The summed E-state index contributed by atoms with van der Waals surface area (Å²) in [4.78, 5) is 41.5. The van der Waals surface area contributed by atoms with Gasteiger partial charge in [0, 0.05) is 24.6 Å². The standard InChI is InChI=1S/C22H28N2O5S3/c1-3-5-11-28-17-15(19(25)23-9-13-31-21(23)27)7-8-16(18(17)29-12-6-4-2)20(26)24-10-14-32-22(24)30/h7-8H,3-6,9-14H2,1-2H3. The molecule has 2 fully saturated rings. The second-order valence-electron chi connectivity index (χ2n) is 7.37. The molecule has 174 valence electrons. The van der Waals surface area contributed by atoms with Crippen molar-refractivity contribution in [3.05, 3.63) is 23.3 Å². The van der Waals surface area contributed by atoms with Crippen LogP contribution in [0.5, 0.6) is 11.5 Å². The van der Waals surface area contributed by atoms with Gasteiger partial charge in [0.15, 0.2) is 11.5 Å². The zero-order valence-corrected chi connectivity index (χ0v) is 20.8. The third-order valence-electron chi connectivity index (χ3n) is 5.07. The lowest BCUT2D eigenvalue weighted by Crippen LogP contribution is -2.33. The molecule has 2 heterocycles. The summed E-state index contributed by atoms with van der Waals surface area (Å²) < 4.78 is 12.6. The SMILES string of the molecule is CCCCOc1c(C(=O)N2CCSC2=O)ccc(C(=O)N2CCSC2=S)c1OCCCC. The Hall–Kier alpha value is -1.78. The van der Waals surface area contributed by atoms with Gasteiger partial charge < -0.3 is 9.47 Å². The van der Waals surface area contributed by atoms with Crippen LogP contribution in [0.15, 0.2) is 12.1 Å². The van der Waals surface area contributed by atoms with Crippen LogP contribution in [0.1, 0.15) is 60.2 Å². The Bertz CT molecular complexity index is 822. The van der Waals surface area contributed by atoms with Gasteiger partial charge >= 0.3 is 0 Å². The largest absolute Gasteiger partial charge is 0.489 e. The number of amides is 3. The minimum atomic E-state index is -0.432. The summed E-state index contributed by atoms with van der Waals surface area (Å²) in [6.07, 6.45) is 3.40. The van der Waals surface area contributed by atoms with Crippen LogP contribution in [-0.2, 0) is 0 Å². The van der Waals surface area contributed by atoms with Crippen LogP contribution < -0.4 is 9.47 Å². The molecule has 2 saturated heterocycles. The molecule has 0 aliphatic carbocycles. The van der Waals surface area contributed by atoms with E-state index in [1.165, 1.54) is 16.7 Å². The molecule has 2 aliphatic heterocycles. The van der Waals surface area contributed by atoms with Gasteiger partial charge in [0.05, 0.1) is 24.3 Å². The second-order valence-corrected chi connectivity index (χ2v) is 10.1. The van der Waals surface area contributed by atoms with Crippen molar-refractivity contribution in [3.63, 3.8) is 0 Å². The number of carbonyl (C=O) groups excluding carboxylic acids is 3. The van der Waals surface area contributed by atoms with E-state index in [9.17, 15) is 14.4 Å². The Labute approximate surface area is 202 Å². The van der Waals surface area contributed by atoms with Crippen molar-refractivity contribution >= 4 is 57.1 Å². The van der Waals surface area contributed by atoms with Gasteiger partial charge in [-0.05, 0) is 25.0 Å². The predicted octanol–water partition coefficient (Wildman–Crippen LogP) is 4.83. The third kappa shape index (κ3) is 5.58. The van der Waals surface area contributed by atoms with Gasteiger partial charge in [0.2, 0.25) is 0 Å². The quantitative estimate of drug-likeness (QED) is 0.337. The van der Waals surface area contributed by atoms with Crippen LogP contribution in [0, 0.1) is 0 Å². The van der Waals surface area contributed by atoms with Crippen LogP contribution in [0.4, 0.5) is 4.79 Å². The number of thiocarbonyl (C=S) groups is 1. The number of unbranched alkanes of at least 4 members (excludes halogenated alkanes) is 2. The number of rotatable bonds is 10. The molecule has 10 heteroatoms. The Balaban J connectivity index is 2.05. The zero-order chi connectivity index (χ0) is 23.1. The summed E-state index contributed by atoms with van der Waals surface area (Å²) in [7, 11) is 0. The molecule has 0 spiro atoms. The van der Waals surface area contributed by atoms with Crippen molar-refractivity contribution in [1.82, 2.24) is 9.80 Å². The molecule has 0 atom stereocenters. The number of hydrogen-bond donors (Lipinski definition) is 0. The highest BCUT2D eigenvalue weighted by Crippen LogP contribution is 2.39. The zero-order valence-electron chi connectivity index (χ0n) is 18.4. The van der Waals surface area contributed by atoms with E-state index in [1.54, 1.807) is 17.0 Å². The van der Waals surface area contributed by atoms with Gasteiger partial charge in [-0.25, -0.2) is 0 Å². The van der Waals surface area contributed by atoms with Gasteiger partial charge in [-0.1, -0.05) is 62.4 Å². The summed E-state index contributed by atoms with van der Waals surface area (Å²) in [5.41, 5.74) is 0.550. The molecule has 0 aromatic heterocycles. The van der Waals surface area contributed by atoms with E-state index in [2.05, 4.69) is 0 Å². The number of benzene rings is 1. The molecule has 0 N–H and O–H groups in total. The highest BCUT2D eigenvalue weighted by molar-refractivity contribution is 8.23. The molecule has 0 unspecified atom stereocenters. The molecule has 0 saturated carbocycles. The molecule has 3 amide bonds. The van der Waals surface area contributed by atoms with Crippen molar-refractivity contribution in [1.29, 1.82) is 0 Å². The third-order valence-corrected chi connectivity index (χ3v) is 7.36. The molecule has 0 bridgehead atoms. The van der Waals surface area contributed by atoms with Crippen molar-refractivity contribution in [3.8, 4) is 11.5 Å². The molecule has 3 rings (SSSR count). The molecule has 1 aromatic rings. The molecular formula is C22H28N2O5S3. The lowest BCUT2D eigenvalue weighted by atomic mass is 10.1. The van der Waals surface area contributed by atoms with Gasteiger partial charge in [-0.3, -0.25) is 24.2 Å². The highest BCUT2D eigenvalue weighted by atomic mass is 32.2. The maximum Gasteiger partial charge on any atom is 0.288 e. The van der Waals surface area contributed by atoms with Crippen molar-refractivity contribution < 1.29 is 23.9 Å². The number of imide groups is 1. The number of thioether (sulfide) groups is 2. The molecule has 1 aromatic carbocycles. The summed E-state index contributed by atoms with van der Waals surface area (Å²) in [5, 5.41) is -0.275. The first-order valence-corrected chi connectivity index (χ1v) is 13.3. The van der Waals surface area contributed by atoms with E-state index in [0.29, 0.717) is 41.9 Å². The number of carbonyl (C=O) groups is 3. The average molecular weight is 497 g/mol. The Kier molecular flexibility index (Phi) is 9.24. The molecule has 7 nitrogen and oxygen atoms in total. The maximum atomic E-state index is 13.3. The second kappa shape index (κ2) is 11.9. The first kappa shape index (κ1) is 24.9. The lowest BCUT2D eigenvalue weighted by molar-refractivity contribution is 0.0819. The van der Waals surface area contributed by atoms with E-state index in [4.69, 9.17) is 21.7 Å². The molecule has 32 heavy (non-hydrogen) atoms. The Morgan fingerprint density at radius 2 is 1.41 bits per heavy atom. The summed E-state index contributed by atoms with van der Waals surface area (Å²) in [5.74, 6) is 1.10. The molecule has 0 radical (unpaired) electrons. The van der Waals surface area contributed by atoms with E-state index in [-0.39, 0.29) is 28.2 Å². The highest BCUT2D eigenvalue weighted by Gasteiger charge is 2.34. The van der Waals surface area contributed by atoms with Crippen LogP contribution in [0.2, 0.25) is 0 Å². The van der Waals surface area contributed by atoms with Gasteiger partial charge in [-0.15, -0.1) is 0 Å². The van der Waals surface area contributed by atoms with Crippen molar-refractivity contribution in [2.75, 3.05) is 37.8 Å². The van der Waals surface area contributed by atoms with Crippen LogP contribution in [0.25, 0.3) is 0 Å². The minimum absolute atomic E-state index is 0.230. The van der Waals surface area contributed by atoms with Crippen LogP contribution in [-0.4, -0.2) is 69.0 Å². The Morgan fingerprint density at radius 1 is 0.906 bits per heavy atom. The maximum absolute atomic E-state index is 13.3. The Morgan fingerprint density at radius 3 is 1.84 bits per heavy atom. The number of hydrogen-bond acceptors (Lipinski definition) is 8. The number of nitrogens with zero attached hydrogens (tertiary/aromatic N) is 2. The minimum Gasteiger partial charge on any atom is -0.489 e. The number of ether oxygens (including phenoxy) is 2. The van der Waals surface area contributed by atoms with E-state index < -0.39 is 5.91 Å². The summed E-state index contributed by atoms with van der Waals surface area (Å²) in [6.45, 7) is 5.73. The van der Waals surface area contributed by atoms with Crippen LogP contribution in [0.3, 0.4) is 0 Å². The van der Waals surface area contributed by atoms with Gasteiger partial charge in [-0.2, -0.15) is 0 Å². The van der Waals surface area contributed by atoms with Gasteiger partial charge in [0.25, 0.3) is 17.1 Å². The van der Waals surface area contributed by atoms with E-state index >= 15 is 0 Å². The lowest BCUT2D eigenvalue weighted by Gasteiger charge is -2.23. The fraction of sp³-hybridized carbons (Fsp3) is 0.545. The first-order chi connectivity index (χ1) is 15.5. The first-order valence-electron chi connectivity index (χ1n) is 10.9. The van der Waals surface area contributed by atoms with E-state index in [0.717, 1.165) is 43.2 Å². The molecule has 2 aliphatic rings. The topological polar surface area (TPSA) is 76.2 Å². The predicted molar refractivity (Wildman–Crippen MR) is 132 cm³/mol. The van der Waals surface area contributed by atoms with Crippen molar-refractivity contribution in [2.45, 2.75) is 39.5 Å². The summed E-state index contributed by atoms with van der Waals surface area (Å²) in [6, 6.07) is 3.15. The van der Waals surface area contributed by atoms with Crippen LogP contribution >= 0.6 is 35.7 Å². The van der Waals surface area contributed by atoms with Crippen molar-refractivity contribution in [2.24, 2.45) is 0 Å². The summed E-state index contributed by atoms with van der Waals surface area (Å²) >= 11 is 7.92. The van der Waals surface area contributed by atoms with E-state index in [1.807, 2.05) is 13.8 Å². The van der Waals surface area contributed by atoms with Gasteiger partial charge in [0.1, 0.15) is 4.32 Å². The average Bonchev–Trinajstić information content (AvgIpc) is 3.41.